The molecule has 31 heavy (non-hydrogen) atoms. The van der Waals surface area contributed by atoms with E-state index in [1.807, 2.05) is 73.7 Å². The summed E-state index contributed by atoms with van der Waals surface area (Å²) in [5.41, 5.74) is 6.52. The summed E-state index contributed by atoms with van der Waals surface area (Å²) < 4.78 is 0. The van der Waals surface area contributed by atoms with Crippen molar-refractivity contribution in [3.63, 3.8) is 0 Å². The lowest BCUT2D eigenvalue weighted by molar-refractivity contribution is 0.0954. The zero-order chi connectivity index (χ0) is 22.3. The number of benzene rings is 3. The van der Waals surface area contributed by atoms with Gasteiger partial charge in [-0.1, -0.05) is 67.9 Å². The Morgan fingerprint density at radius 2 is 1.61 bits per heavy atom. The summed E-state index contributed by atoms with van der Waals surface area (Å²) in [7, 11) is 0. The number of hydrogen-bond donors (Lipinski definition) is 1. The smallest absolute Gasteiger partial charge is 0.267 e. The first-order chi connectivity index (χ1) is 14.8. The Morgan fingerprint density at radius 3 is 2.26 bits per heavy atom. The van der Waals surface area contributed by atoms with E-state index in [-0.39, 0.29) is 11.3 Å². The molecule has 1 amide bonds. The fourth-order valence-electron chi connectivity index (χ4n) is 3.33. The molecule has 0 unspecified atom stereocenters. The van der Waals surface area contributed by atoms with Gasteiger partial charge in [-0.25, -0.2) is 5.43 Å². The summed E-state index contributed by atoms with van der Waals surface area (Å²) in [5.74, 6) is 0.629. The average molecular weight is 451 g/mol. The lowest BCUT2D eigenvalue weighted by Gasteiger charge is -2.25. The molecule has 0 bridgehead atoms. The first-order valence-electron chi connectivity index (χ1n) is 10.2. The molecule has 3 nitrogen and oxygen atoms in total. The minimum absolute atomic E-state index is 0.0526. The molecule has 160 valence electrons. The second kappa shape index (κ2) is 10.7. The Bertz CT molecular complexity index is 1030. The van der Waals surface area contributed by atoms with Gasteiger partial charge in [-0.2, -0.15) is 5.10 Å². The highest BCUT2D eigenvalue weighted by Gasteiger charge is 2.21. The number of hydrogen-bond acceptors (Lipinski definition) is 3. The van der Waals surface area contributed by atoms with Crippen molar-refractivity contribution in [1.29, 1.82) is 0 Å². The van der Waals surface area contributed by atoms with Crippen LogP contribution >= 0.6 is 23.4 Å². The largest absolute Gasteiger partial charge is 0.271 e. The number of amides is 1. The minimum atomic E-state index is -0.200. The Balaban J connectivity index is 1.53. The molecule has 3 rings (SSSR count). The van der Waals surface area contributed by atoms with Gasteiger partial charge >= 0.3 is 0 Å². The summed E-state index contributed by atoms with van der Waals surface area (Å²) in [5, 5.41) is 5.06. The van der Waals surface area contributed by atoms with Gasteiger partial charge in [0.2, 0.25) is 0 Å². The zero-order valence-electron chi connectivity index (χ0n) is 18.1. The monoisotopic (exact) mass is 450 g/mol. The standard InChI is InChI=1S/C26H27ClN2OS/c1-19(17-26(2,3)22-7-5-4-6-8-22)28-29-25(30)21-11-9-20(10-12-21)18-31-24-15-13-23(27)14-16-24/h4-16H,17-18H2,1-3H3,(H,29,30)/b28-19-. The molecular weight excluding hydrogens is 424 g/mol. The van der Waals surface area contributed by atoms with Crippen molar-refractivity contribution in [2.75, 3.05) is 0 Å². The van der Waals surface area contributed by atoms with Crippen molar-refractivity contribution in [1.82, 2.24) is 5.43 Å². The van der Waals surface area contributed by atoms with E-state index in [0.29, 0.717) is 5.56 Å². The van der Waals surface area contributed by atoms with Crippen molar-refractivity contribution in [2.24, 2.45) is 5.10 Å². The van der Waals surface area contributed by atoms with Crippen LogP contribution in [0.15, 0.2) is 88.9 Å². The van der Waals surface area contributed by atoms with Crippen LogP contribution < -0.4 is 5.43 Å². The Labute approximate surface area is 193 Å². The molecule has 0 atom stereocenters. The van der Waals surface area contributed by atoms with E-state index in [4.69, 9.17) is 11.6 Å². The number of nitrogens with zero attached hydrogens (tertiary/aromatic N) is 1. The predicted molar refractivity (Wildman–Crippen MR) is 132 cm³/mol. The fourth-order valence-corrected chi connectivity index (χ4v) is 4.31. The van der Waals surface area contributed by atoms with E-state index >= 15 is 0 Å². The number of rotatable bonds is 8. The van der Waals surface area contributed by atoms with E-state index < -0.39 is 0 Å². The summed E-state index contributed by atoms with van der Waals surface area (Å²) in [4.78, 5) is 13.6. The number of thioether (sulfide) groups is 1. The molecule has 0 aliphatic carbocycles. The third kappa shape index (κ3) is 6.98. The predicted octanol–water partition coefficient (Wildman–Crippen LogP) is 7.11. The highest BCUT2D eigenvalue weighted by molar-refractivity contribution is 7.98. The van der Waals surface area contributed by atoms with Crippen LogP contribution in [0.1, 0.15) is 48.7 Å². The molecule has 0 radical (unpaired) electrons. The average Bonchev–Trinajstić information content (AvgIpc) is 2.78. The van der Waals surface area contributed by atoms with E-state index in [2.05, 4.69) is 36.5 Å². The number of carbonyl (C=O) groups is 1. The lowest BCUT2D eigenvalue weighted by Crippen LogP contribution is -2.24. The topological polar surface area (TPSA) is 41.5 Å². The Hall–Kier alpha value is -2.56. The highest BCUT2D eigenvalue weighted by atomic mass is 35.5. The fraction of sp³-hybridized carbons (Fsp3) is 0.231. The van der Waals surface area contributed by atoms with Crippen LogP contribution in [-0.4, -0.2) is 11.6 Å². The van der Waals surface area contributed by atoms with Crippen molar-refractivity contribution in [3.05, 3.63) is 101 Å². The molecular formula is C26H27ClN2OS. The number of nitrogens with one attached hydrogen (secondary N) is 1. The Kier molecular flexibility index (Phi) is 7.94. The second-order valence-electron chi connectivity index (χ2n) is 8.15. The summed E-state index contributed by atoms with van der Waals surface area (Å²) >= 11 is 7.66. The van der Waals surface area contributed by atoms with Crippen molar-refractivity contribution in [3.8, 4) is 0 Å². The third-order valence-electron chi connectivity index (χ3n) is 5.04. The molecule has 0 spiro atoms. The first kappa shape index (κ1) is 23.1. The first-order valence-corrected chi connectivity index (χ1v) is 11.6. The molecule has 0 fully saturated rings. The quantitative estimate of drug-likeness (QED) is 0.226. The molecule has 0 aliphatic rings. The number of halogens is 1. The highest BCUT2D eigenvalue weighted by Crippen LogP contribution is 2.27. The van der Waals surface area contributed by atoms with Gasteiger partial charge in [-0.15, -0.1) is 11.8 Å². The van der Waals surface area contributed by atoms with Crippen LogP contribution in [0.25, 0.3) is 0 Å². The molecule has 1 N–H and O–H groups in total. The minimum Gasteiger partial charge on any atom is -0.267 e. The maximum atomic E-state index is 12.5. The molecule has 5 heteroatoms. The van der Waals surface area contributed by atoms with Crippen LogP contribution in [0.2, 0.25) is 5.02 Å². The zero-order valence-corrected chi connectivity index (χ0v) is 19.6. The normalized spacial score (nSPS) is 11.9. The molecule has 0 aliphatic heterocycles. The lowest BCUT2D eigenvalue weighted by atomic mass is 9.80. The van der Waals surface area contributed by atoms with Crippen molar-refractivity contribution in [2.45, 2.75) is 43.3 Å². The van der Waals surface area contributed by atoms with Crippen molar-refractivity contribution >= 4 is 35.0 Å². The van der Waals surface area contributed by atoms with Crippen LogP contribution in [0, 0.1) is 0 Å². The van der Waals surface area contributed by atoms with E-state index in [1.165, 1.54) is 5.56 Å². The maximum absolute atomic E-state index is 12.5. The molecule has 3 aromatic rings. The van der Waals surface area contributed by atoms with Crippen molar-refractivity contribution < 1.29 is 4.79 Å². The molecule has 0 heterocycles. The molecule has 0 saturated carbocycles. The van der Waals surface area contributed by atoms with Crippen LogP contribution in [-0.2, 0) is 11.2 Å². The van der Waals surface area contributed by atoms with Crippen LogP contribution in [0.4, 0.5) is 0 Å². The molecule has 3 aromatic carbocycles. The van der Waals surface area contributed by atoms with Gasteiger partial charge in [0.05, 0.1) is 0 Å². The number of hydrazone groups is 1. The van der Waals surface area contributed by atoms with Crippen LogP contribution in [0.3, 0.4) is 0 Å². The van der Waals surface area contributed by atoms with E-state index in [1.54, 1.807) is 11.8 Å². The summed E-state index contributed by atoms with van der Waals surface area (Å²) in [6.07, 6.45) is 0.762. The van der Waals surface area contributed by atoms with Gasteiger partial charge in [0, 0.05) is 26.9 Å². The summed E-state index contributed by atoms with van der Waals surface area (Å²) in [6.45, 7) is 6.32. The van der Waals surface area contributed by atoms with Crippen LogP contribution in [0.5, 0.6) is 0 Å². The van der Waals surface area contributed by atoms with E-state index in [0.717, 1.165) is 33.4 Å². The SMILES string of the molecule is C/C(CC(C)(C)c1ccccc1)=N/NC(=O)c1ccc(CSc2ccc(Cl)cc2)cc1. The van der Waals surface area contributed by atoms with Gasteiger partial charge in [0.1, 0.15) is 0 Å². The van der Waals surface area contributed by atoms with Gasteiger partial charge < -0.3 is 0 Å². The van der Waals surface area contributed by atoms with Gasteiger partial charge in [-0.3, -0.25) is 4.79 Å². The third-order valence-corrected chi connectivity index (χ3v) is 6.37. The van der Waals surface area contributed by atoms with Gasteiger partial charge in [0.15, 0.2) is 0 Å². The molecule has 0 aromatic heterocycles. The second-order valence-corrected chi connectivity index (χ2v) is 9.64. The summed E-state index contributed by atoms with van der Waals surface area (Å²) in [6, 6.07) is 25.8. The van der Waals surface area contributed by atoms with Gasteiger partial charge in [0.25, 0.3) is 5.91 Å². The number of carbonyl (C=O) groups excluding carboxylic acids is 1. The maximum Gasteiger partial charge on any atom is 0.271 e. The molecule has 0 saturated heterocycles. The Morgan fingerprint density at radius 1 is 0.968 bits per heavy atom. The van der Waals surface area contributed by atoms with Gasteiger partial charge in [-0.05, 0) is 66.3 Å². The van der Waals surface area contributed by atoms with E-state index in [9.17, 15) is 4.79 Å².